The van der Waals surface area contributed by atoms with Crippen molar-refractivity contribution in [2.75, 3.05) is 0 Å². The van der Waals surface area contributed by atoms with Gasteiger partial charge in [-0.25, -0.2) is 0 Å². The quantitative estimate of drug-likeness (QED) is 0.664. The molecule has 1 aliphatic heterocycles. The Morgan fingerprint density at radius 2 is 2.25 bits per heavy atom. The molecule has 0 saturated heterocycles. The summed E-state index contributed by atoms with van der Waals surface area (Å²) in [6.07, 6.45) is 0. The van der Waals surface area contributed by atoms with E-state index in [0.29, 0.717) is 10.9 Å². The number of rotatable bonds is 1. The summed E-state index contributed by atoms with van der Waals surface area (Å²) >= 11 is 12.1. The minimum absolute atomic E-state index is 0.259. The zero-order valence-electron chi connectivity index (χ0n) is 5.69. The van der Waals surface area contributed by atoms with Crippen LogP contribution in [-0.4, -0.2) is 10.9 Å². The van der Waals surface area contributed by atoms with Gasteiger partial charge in [0.25, 0.3) is 0 Å². The molecule has 0 spiro atoms. The number of thiocarbonyl (C=S) groups is 1. The lowest BCUT2D eigenvalue weighted by Gasteiger charge is -1.88. The first kappa shape index (κ1) is 7.97. The molecule has 0 N–H and O–H groups in total. The van der Waals surface area contributed by atoms with Crippen molar-refractivity contribution in [3.63, 3.8) is 0 Å². The highest BCUT2D eigenvalue weighted by molar-refractivity contribution is 7.80. The van der Waals surface area contributed by atoms with Crippen molar-refractivity contribution >= 4 is 46.1 Å². The molecule has 0 aliphatic carbocycles. The van der Waals surface area contributed by atoms with Gasteiger partial charge in [-0.1, -0.05) is 11.6 Å². The first-order chi connectivity index (χ1) is 5.77. The van der Waals surface area contributed by atoms with Crippen molar-refractivity contribution in [2.24, 2.45) is 15.2 Å². The number of hydrogen-bond acceptors (Lipinski definition) is 3. The van der Waals surface area contributed by atoms with Crippen molar-refractivity contribution in [3.05, 3.63) is 21.3 Å². The van der Waals surface area contributed by atoms with Gasteiger partial charge in [-0.2, -0.15) is 4.99 Å². The van der Waals surface area contributed by atoms with Crippen LogP contribution in [0.25, 0.3) is 0 Å². The lowest BCUT2D eigenvalue weighted by molar-refractivity contribution is 1.41. The molecule has 3 nitrogen and oxygen atoms in total. The standard InChI is InChI=1S/C6H2ClN3S2/c7-3-1-2-12-4(3)5-8-6(11)10-9-5/h1-2H. The SMILES string of the molecule is S=C1N=NC(c2sccc2Cl)=N1. The Morgan fingerprint density at radius 1 is 1.42 bits per heavy atom. The fourth-order valence-electron chi connectivity index (χ4n) is 0.775. The molecule has 0 radical (unpaired) electrons. The second-order valence-corrected chi connectivity index (χ2v) is 3.70. The monoisotopic (exact) mass is 215 g/mol. The van der Waals surface area contributed by atoms with Crippen molar-refractivity contribution in [1.82, 2.24) is 0 Å². The van der Waals surface area contributed by atoms with Gasteiger partial charge in [0.1, 0.15) is 0 Å². The van der Waals surface area contributed by atoms with Crippen LogP contribution in [0.2, 0.25) is 5.02 Å². The van der Waals surface area contributed by atoms with Crippen molar-refractivity contribution in [3.8, 4) is 0 Å². The molecule has 0 aromatic carbocycles. The predicted molar refractivity (Wildman–Crippen MR) is 53.3 cm³/mol. The van der Waals surface area contributed by atoms with Gasteiger partial charge in [-0.05, 0) is 23.7 Å². The van der Waals surface area contributed by atoms with Crippen LogP contribution in [-0.2, 0) is 0 Å². The number of amidine groups is 1. The molecule has 12 heavy (non-hydrogen) atoms. The number of thiophene rings is 1. The van der Waals surface area contributed by atoms with Gasteiger partial charge in [0.05, 0.1) is 9.90 Å². The second-order valence-electron chi connectivity index (χ2n) is 2.02. The summed E-state index contributed by atoms with van der Waals surface area (Å²) in [4.78, 5) is 4.75. The van der Waals surface area contributed by atoms with E-state index >= 15 is 0 Å². The Balaban J connectivity index is 2.45. The Bertz CT molecular complexity index is 393. The summed E-state index contributed by atoms with van der Waals surface area (Å²) in [7, 11) is 0. The number of aliphatic imine (C=N–C) groups is 1. The molecule has 0 atom stereocenters. The van der Waals surface area contributed by atoms with E-state index in [4.69, 9.17) is 23.8 Å². The van der Waals surface area contributed by atoms with E-state index < -0.39 is 0 Å². The molecule has 0 unspecified atom stereocenters. The maximum atomic E-state index is 5.85. The van der Waals surface area contributed by atoms with Crippen molar-refractivity contribution in [2.45, 2.75) is 0 Å². The van der Waals surface area contributed by atoms with E-state index in [-0.39, 0.29) is 5.11 Å². The smallest absolute Gasteiger partial charge is 0.194 e. The Kier molecular flexibility index (Phi) is 2.00. The molecule has 2 rings (SSSR count). The minimum Gasteiger partial charge on any atom is -0.194 e. The molecular weight excluding hydrogens is 214 g/mol. The third-order valence-electron chi connectivity index (χ3n) is 1.25. The van der Waals surface area contributed by atoms with E-state index in [1.165, 1.54) is 11.3 Å². The Labute approximate surface area is 82.8 Å². The summed E-state index contributed by atoms with van der Waals surface area (Å²) in [6.45, 7) is 0. The molecule has 1 aliphatic rings. The van der Waals surface area contributed by atoms with Gasteiger partial charge in [0.2, 0.25) is 5.11 Å². The summed E-state index contributed by atoms with van der Waals surface area (Å²) < 4.78 is 0. The normalized spacial score (nSPS) is 15.4. The predicted octanol–water partition coefficient (Wildman–Crippen LogP) is 2.90. The second kappa shape index (κ2) is 3.01. The van der Waals surface area contributed by atoms with E-state index in [0.717, 1.165) is 4.88 Å². The summed E-state index contributed by atoms with van der Waals surface area (Å²) in [5, 5.41) is 10.2. The minimum atomic E-state index is 0.259. The molecule has 0 fully saturated rings. The molecular formula is C6H2ClN3S2. The van der Waals surface area contributed by atoms with E-state index in [1.807, 2.05) is 5.38 Å². The lowest BCUT2D eigenvalue weighted by atomic mass is 10.4. The van der Waals surface area contributed by atoms with Gasteiger partial charge in [-0.15, -0.1) is 21.6 Å². The molecule has 60 valence electrons. The molecule has 1 aromatic rings. The number of halogens is 1. The number of azo groups is 1. The molecule has 2 heterocycles. The summed E-state index contributed by atoms with van der Waals surface area (Å²) in [6, 6.07) is 1.79. The average molecular weight is 216 g/mol. The topological polar surface area (TPSA) is 37.1 Å². The van der Waals surface area contributed by atoms with Gasteiger partial charge in [-0.3, -0.25) is 0 Å². The maximum absolute atomic E-state index is 5.85. The average Bonchev–Trinajstić information content (AvgIpc) is 2.58. The van der Waals surface area contributed by atoms with E-state index in [9.17, 15) is 0 Å². The molecule has 0 saturated carbocycles. The fourth-order valence-corrected chi connectivity index (χ4v) is 1.97. The van der Waals surface area contributed by atoms with Gasteiger partial charge < -0.3 is 0 Å². The first-order valence-corrected chi connectivity index (χ1v) is 4.72. The fraction of sp³-hybridized carbons (Fsp3) is 0. The number of nitrogens with zero attached hydrogens (tertiary/aromatic N) is 3. The summed E-state index contributed by atoms with van der Waals surface area (Å²) in [5.74, 6) is 0.514. The molecule has 1 aromatic heterocycles. The highest BCUT2D eigenvalue weighted by Gasteiger charge is 2.14. The third kappa shape index (κ3) is 1.31. The highest BCUT2D eigenvalue weighted by Crippen LogP contribution is 2.24. The van der Waals surface area contributed by atoms with Crippen LogP contribution in [0.1, 0.15) is 4.88 Å². The third-order valence-corrected chi connectivity index (χ3v) is 2.76. The summed E-state index contributed by atoms with van der Waals surface area (Å²) in [5.41, 5.74) is 0. The van der Waals surface area contributed by atoms with Crippen LogP contribution in [0.4, 0.5) is 0 Å². The van der Waals surface area contributed by atoms with Crippen molar-refractivity contribution < 1.29 is 0 Å². The number of hydrogen-bond donors (Lipinski definition) is 0. The van der Waals surface area contributed by atoms with E-state index in [2.05, 4.69) is 15.2 Å². The molecule has 6 heteroatoms. The van der Waals surface area contributed by atoms with Gasteiger partial charge >= 0.3 is 0 Å². The molecule has 0 amide bonds. The van der Waals surface area contributed by atoms with E-state index in [1.54, 1.807) is 6.07 Å². The van der Waals surface area contributed by atoms with Gasteiger partial charge in [0, 0.05) is 0 Å². The van der Waals surface area contributed by atoms with Crippen molar-refractivity contribution in [1.29, 1.82) is 0 Å². The van der Waals surface area contributed by atoms with Crippen LogP contribution in [0.3, 0.4) is 0 Å². The molecule has 0 bridgehead atoms. The zero-order chi connectivity index (χ0) is 8.55. The van der Waals surface area contributed by atoms with Crippen LogP contribution in [0, 0.1) is 0 Å². The van der Waals surface area contributed by atoms with Crippen LogP contribution in [0.5, 0.6) is 0 Å². The largest absolute Gasteiger partial charge is 0.242 e. The van der Waals surface area contributed by atoms with Crippen LogP contribution in [0.15, 0.2) is 26.7 Å². The van der Waals surface area contributed by atoms with Crippen LogP contribution >= 0.6 is 35.2 Å². The van der Waals surface area contributed by atoms with Crippen LogP contribution < -0.4 is 0 Å². The lowest BCUT2D eigenvalue weighted by Crippen LogP contribution is -1.89. The Morgan fingerprint density at radius 3 is 2.75 bits per heavy atom. The highest BCUT2D eigenvalue weighted by atomic mass is 35.5. The Hall–Kier alpha value is -0.650. The van der Waals surface area contributed by atoms with Gasteiger partial charge in [0.15, 0.2) is 5.84 Å². The maximum Gasteiger partial charge on any atom is 0.242 e. The zero-order valence-corrected chi connectivity index (χ0v) is 8.08. The first-order valence-electron chi connectivity index (χ1n) is 3.05.